The molecule has 18 heavy (non-hydrogen) atoms. The van der Waals surface area contributed by atoms with E-state index in [0.717, 1.165) is 10.0 Å². The van der Waals surface area contributed by atoms with Gasteiger partial charge in [-0.15, -0.1) is 0 Å². The lowest BCUT2D eigenvalue weighted by atomic mass is 10.1. The zero-order valence-corrected chi connectivity index (χ0v) is 12.2. The van der Waals surface area contributed by atoms with Crippen molar-refractivity contribution >= 4 is 21.8 Å². The lowest BCUT2D eigenvalue weighted by molar-refractivity contribution is 0.0878. The van der Waals surface area contributed by atoms with Gasteiger partial charge in [0.15, 0.2) is 0 Å². The highest BCUT2D eigenvalue weighted by atomic mass is 79.9. The van der Waals surface area contributed by atoms with Crippen molar-refractivity contribution in [2.75, 3.05) is 20.3 Å². The van der Waals surface area contributed by atoms with Gasteiger partial charge in [0.2, 0.25) is 0 Å². The van der Waals surface area contributed by atoms with Crippen LogP contribution < -0.4 is 5.32 Å². The molecule has 0 radical (unpaired) electrons. The smallest absolute Gasteiger partial charge is 0.252 e. The fourth-order valence-corrected chi connectivity index (χ4v) is 2.06. The van der Waals surface area contributed by atoms with Crippen LogP contribution in [-0.4, -0.2) is 37.4 Å². The molecule has 1 aromatic carbocycles. The molecule has 5 heteroatoms. The molecule has 0 aromatic heterocycles. The molecule has 1 amide bonds. The normalized spacial score (nSPS) is 12.2. The first-order chi connectivity index (χ1) is 8.58. The summed E-state index contributed by atoms with van der Waals surface area (Å²) >= 11 is 3.36. The van der Waals surface area contributed by atoms with Crippen molar-refractivity contribution in [1.29, 1.82) is 0 Å². The Bertz CT molecular complexity index is 403. The van der Waals surface area contributed by atoms with E-state index in [9.17, 15) is 4.79 Å². The molecule has 0 aliphatic rings. The largest absolute Gasteiger partial charge is 0.396 e. The van der Waals surface area contributed by atoms with Crippen LogP contribution in [0.4, 0.5) is 0 Å². The summed E-state index contributed by atoms with van der Waals surface area (Å²) in [7, 11) is 1.57. The van der Waals surface area contributed by atoms with Gasteiger partial charge >= 0.3 is 0 Å². The van der Waals surface area contributed by atoms with Gasteiger partial charge in [-0.3, -0.25) is 4.79 Å². The molecule has 0 aliphatic heterocycles. The summed E-state index contributed by atoms with van der Waals surface area (Å²) in [6.07, 6.45) is 0.475. The van der Waals surface area contributed by atoms with Crippen LogP contribution in [0.2, 0.25) is 0 Å². The highest BCUT2D eigenvalue weighted by molar-refractivity contribution is 9.10. The van der Waals surface area contributed by atoms with Crippen LogP contribution in [0.5, 0.6) is 0 Å². The van der Waals surface area contributed by atoms with Crippen molar-refractivity contribution in [3.05, 3.63) is 33.8 Å². The minimum atomic E-state index is -0.181. The molecule has 0 saturated heterocycles. The summed E-state index contributed by atoms with van der Waals surface area (Å²) in [5.74, 6) is -0.166. The molecule has 1 unspecified atom stereocenters. The van der Waals surface area contributed by atoms with E-state index in [1.54, 1.807) is 7.11 Å². The Morgan fingerprint density at radius 2 is 2.28 bits per heavy atom. The summed E-state index contributed by atoms with van der Waals surface area (Å²) in [6, 6.07) is 5.42. The van der Waals surface area contributed by atoms with Crippen molar-refractivity contribution in [1.82, 2.24) is 5.32 Å². The predicted molar refractivity (Wildman–Crippen MR) is 73.7 cm³/mol. The summed E-state index contributed by atoms with van der Waals surface area (Å²) in [4.78, 5) is 12.1. The summed E-state index contributed by atoms with van der Waals surface area (Å²) in [5.41, 5.74) is 1.61. The lowest BCUT2D eigenvalue weighted by Gasteiger charge is -2.17. The van der Waals surface area contributed by atoms with Crippen molar-refractivity contribution in [2.24, 2.45) is 0 Å². The monoisotopic (exact) mass is 315 g/mol. The van der Waals surface area contributed by atoms with E-state index in [1.807, 2.05) is 25.1 Å². The van der Waals surface area contributed by atoms with Crippen LogP contribution in [0.15, 0.2) is 22.7 Å². The standard InChI is InChI=1S/C13H18BrNO3/c1-9-3-4-12(14)11(7-9)13(17)15-10(5-6-16)8-18-2/h3-4,7,10,16H,5-6,8H2,1-2H3,(H,15,17). The lowest BCUT2D eigenvalue weighted by Crippen LogP contribution is -2.38. The van der Waals surface area contributed by atoms with E-state index >= 15 is 0 Å². The molecule has 1 aromatic rings. The Balaban J connectivity index is 2.76. The highest BCUT2D eigenvalue weighted by Gasteiger charge is 2.15. The van der Waals surface area contributed by atoms with Gasteiger partial charge < -0.3 is 15.2 Å². The molecule has 0 saturated carbocycles. The van der Waals surface area contributed by atoms with Crippen molar-refractivity contribution in [3.63, 3.8) is 0 Å². The molecule has 0 fully saturated rings. The van der Waals surface area contributed by atoms with Gasteiger partial charge in [-0.1, -0.05) is 11.6 Å². The number of aliphatic hydroxyl groups excluding tert-OH is 1. The zero-order valence-electron chi connectivity index (χ0n) is 10.6. The number of carbonyl (C=O) groups is 1. The maximum absolute atomic E-state index is 12.1. The molecule has 0 aliphatic carbocycles. The van der Waals surface area contributed by atoms with E-state index in [2.05, 4.69) is 21.2 Å². The first-order valence-corrected chi connectivity index (χ1v) is 6.54. The molecule has 0 heterocycles. The van der Waals surface area contributed by atoms with E-state index in [0.29, 0.717) is 18.6 Å². The number of carbonyl (C=O) groups excluding carboxylic acids is 1. The van der Waals surface area contributed by atoms with Gasteiger partial charge in [-0.25, -0.2) is 0 Å². The minimum Gasteiger partial charge on any atom is -0.396 e. The van der Waals surface area contributed by atoms with Crippen molar-refractivity contribution < 1.29 is 14.6 Å². The zero-order chi connectivity index (χ0) is 13.5. The molecule has 4 nitrogen and oxygen atoms in total. The number of benzene rings is 1. The molecule has 2 N–H and O–H groups in total. The molecule has 1 atom stereocenters. The van der Waals surface area contributed by atoms with Gasteiger partial charge in [0.1, 0.15) is 0 Å². The number of nitrogens with one attached hydrogen (secondary N) is 1. The molecular weight excluding hydrogens is 298 g/mol. The number of aryl methyl sites for hydroxylation is 1. The average Bonchev–Trinajstić information content (AvgIpc) is 2.33. The maximum Gasteiger partial charge on any atom is 0.252 e. The highest BCUT2D eigenvalue weighted by Crippen LogP contribution is 2.18. The van der Waals surface area contributed by atoms with Gasteiger partial charge in [0.05, 0.1) is 18.2 Å². The van der Waals surface area contributed by atoms with Crippen LogP contribution in [0, 0.1) is 6.92 Å². The van der Waals surface area contributed by atoms with Gasteiger partial charge in [-0.05, 0) is 41.4 Å². The number of amides is 1. The van der Waals surface area contributed by atoms with E-state index in [-0.39, 0.29) is 18.6 Å². The summed E-state index contributed by atoms with van der Waals surface area (Å²) < 4.78 is 5.77. The van der Waals surface area contributed by atoms with Gasteiger partial charge in [-0.2, -0.15) is 0 Å². The van der Waals surface area contributed by atoms with Crippen LogP contribution in [0.1, 0.15) is 22.3 Å². The van der Waals surface area contributed by atoms with Crippen LogP contribution in [0.3, 0.4) is 0 Å². The number of methoxy groups -OCH3 is 1. The van der Waals surface area contributed by atoms with Crippen molar-refractivity contribution in [2.45, 2.75) is 19.4 Å². The summed E-state index contributed by atoms with van der Waals surface area (Å²) in [6.45, 7) is 2.34. The summed E-state index contributed by atoms with van der Waals surface area (Å²) in [5, 5.41) is 11.8. The van der Waals surface area contributed by atoms with Gasteiger partial charge in [0, 0.05) is 18.2 Å². The van der Waals surface area contributed by atoms with Crippen LogP contribution in [0.25, 0.3) is 0 Å². The molecule has 0 bridgehead atoms. The first kappa shape index (κ1) is 15.1. The number of hydrogen-bond donors (Lipinski definition) is 2. The number of hydrogen-bond acceptors (Lipinski definition) is 3. The average molecular weight is 316 g/mol. The first-order valence-electron chi connectivity index (χ1n) is 5.75. The number of halogens is 1. The Morgan fingerprint density at radius 3 is 2.89 bits per heavy atom. The SMILES string of the molecule is COCC(CCO)NC(=O)c1cc(C)ccc1Br. The second-order valence-electron chi connectivity index (χ2n) is 4.12. The Labute approximate surface area is 115 Å². The Morgan fingerprint density at radius 1 is 1.56 bits per heavy atom. The number of rotatable bonds is 6. The third-order valence-corrected chi connectivity index (χ3v) is 3.24. The predicted octanol–water partition coefficient (Wildman–Crippen LogP) is 1.88. The second kappa shape index (κ2) is 7.51. The Hall–Kier alpha value is -0.910. The third-order valence-electron chi connectivity index (χ3n) is 2.55. The van der Waals surface area contributed by atoms with Crippen LogP contribution in [-0.2, 0) is 4.74 Å². The molecular formula is C13H18BrNO3. The molecule has 100 valence electrons. The fraction of sp³-hybridized carbons (Fsp3) is 0.462. The van der Waals surface area contributed by atoms with E-state index < -0.39 is 0 Å². The number of aliphatic hydroxyl groups is 1. The minimum absolute atomic E-state index is 0.0172. The number of ether oxygens (including phenoxy) is 1. The Kier molecular flexibility index (Phi) is 6.32. The second-order valence-corrected chi connectivity index (χ2v) is 4.98. The molecule has 0 spiro atoms. The van der Waals surface area contributed by atoms with E-state index in [4.69, 9.17) is 9.84 Å². The van der Waals surface area contributed by atoms with Crippen molar-refractivity contribution in [3.8, 4) is 0 Å². The fourth-order valence-electron chi connectivity index (χ4n) is 1.63. The topological polar surface area (TPSA) is 58.6 Å². The van der Waals surface area contributed by atoms with E-state index in [1.165, 1.54) is 0 Å². The quantitative estimate of drug-likeness (QED) is 0.842. The third kappa shape index (κ3) is 4.40. The maximum atomic E-state index is 12.1. The van der Waals surface area contributed by atoms with Gasteiger partial charge in [0.25, 0.3) is 5.91 Å². The van der Waals surface area contributed by atoms with Crippen LogP contribution >= 0.6 is 15.9 Å². The molecule has 1 rings (SSSR count).